The molecule has 2 rings (SSSR count). The smallest absolute Gasteiger partial charge is 0.269 e. The number of pyridine rings is 1. The molecule has 0 unspecified atom stereocenters. The summed E-state index contributed by atoms with van der Waals surface area (Å²) in [6, 6.07) is 7.77. The lowest BCUT2D eigenvalue weighted by Gasteiger charge is -2.06. The summed E-state index contributed by atoms with van der Waals surface area (Å²) in [6.07, 6.45) is 2.88. The van der Waals surface area contributed by atoms with Crippen molar-refractivity contribution in [3.63, 3.8) is 0 Å². The van der Waals surface area contributed by atoms with Crippen LogP contribution in [0, 0.1) is 10.1 Å². The van der Waals surface area contributed by atoms with Gasteiger partial charge in [0.1, 0.15) is 0 Å². The van der Waals surface area contributed by atoms with Crippen LogP contribution < -0.4 is 4.72 Å². The monoisotopic (exact) mass is 279 g/mol. The van der Waals surface area contributed by atoms with Crippen LogP contribution in [0.5, 0.6) is 0 Å². The van der Waals surface area contributed by atoms with Crippen LogP contribution in [0.15, 0.2) is 53.7 Å². The van der Waals surface area contributed by atoms with Crippen molar-refractivity contribution in [3.8, 4) is 0 Å². The molecule has 0 bridgehead atoms. The third kappa shape index (κ3) is 3.05. The standard InChI is InChI=1S/C11H9N3O4S/c15-14(16)10-3-5-11(6-4-10)19(17,18)13-9-2-1-7-12-8-9/h1-8,13H. The molecule has 0 saturated carbocycles. The van der Waals surface area contributed by atoms with E-state index in [1.807, 2.05) is 0 Å². The fourth-order valence-electron chi connectivity index (χ4n) is 1.38. The van der Waals surface area contributed by atoms with Crippen molar-refractivity contribution >= 4 is 21.4 Å². The number of benzene rings is 1. The molecule has 7 nitrogen and oxygen atoms in total. The van der Waals surface area contributed by atoms with Gasteiger partial charge in [-0.1, -0.05) is 0 Å². The highest BCUT2D eigenvalue weighted by molar-refractivity contribution is 7.92. The summed E-state index contributed by atoms with van der Waals surface area (Å²) >= 11 is 0. The first-order valence-electron chi connectivity index (χ1n) is 5.16. The molecule has 19 heavy (non-hydrogen) atoms. The quantitative estimate of drug-likeness (QED) is 0.679. The molecule has 0 spiro atoms. The number of nitrogens with zero attached hydrogens (tertiary/aromatic N) is 2. The molecule has 0 saturated heterocycles. The Hall–Kier alpha value is -2.48. The highest BCUT2D eigenvalue weighted by atomic mass is 32.2. The largest absolute Gasteiger partial charge is 0.278 e. The van der Waals surface area contributed by atoms with Crippen LogP contribution in [0.1, 0.15) is 0 Å². The maximum absolute atomic E-state index is 12.0. The average Bonchev–Trinajstić information content (AvgIpc) is 2.39. The van der Waals surface area contributed by atoms with Gasteiger partial charge in [-0.15, -0.1) is 0 Å². The average molecular weight is 279 g/mol. The van der Waals surface area contributed by atoms with Crippen molar-refractivity contribution in [2.75, 3.05) is 4.72 Å². The van der Waals surface area contributed by atoms with Gasteiger partial charge in [0.2, 0.25) is 0 Å². The second kappa shape index (κ2) is 5.02. The van der Waals surface area contributed by atoms with Gasteiger partial charge in [0, 0.05) is 18.3 Å². The van der Waals surface area contributed by atoms with Crippen LogP contribution in [0.3, 0.4) is 0 Å². The highest BCUT2D eigenvalue weighted by Crippen LogP contribution is 2.18. The molecule has 0 aliphatic rings. The molecule has 0 aliphatic carbocycles. The van der Waals surface area contributed by atoms with Gasteiger partial charge in [-0.25, -0.2) is 8.42 Å². The van der Waals surface area contributed by atoms with E-state index in [0.717, 1.165) is 12.1 Å². The summed E-state index contributed by atoms with van der Waals surface area (Å²) in [5.41, 5.74) is 0.154. The number of sulfonamides is 1. The van der Waals surface area contributed by atoms with Crippen LogP contribution in [0.2, 0.25) is 0 Å². The fraction of sp³-hybridized carbons (Fsp3) is 0. The third-order valence-corrected chi connectivity index (χ3v) is 3.67. The topological polar surface area (TPSA) is 102 Å². The number of anilines is 1. The van der Waals surface area contributed by atoms with Gasteiger partial charge in [0.15, 0.2) is 0 Å². The highest BCUT2D eigenvalue weighted by Gasteiger charge is 2.15. The van der Waals surface area contributed by atoms with E-state index >= 15 is 0 Å². The van der Waals surface area contributed by atoms with E-state index in [9.17, 15) is 18.5 Å². The maximum Gasteiger partial charge on any atom is 0.269 e. The van der Waals surface area contributed by atoms with Gasteiger partial charge >= 0.3 is 0 Å². The molecule has 1 heterocycles. The summed E-state index contributed by atoms with van der Waals surface area (Å²) in [5.74, 6) is 0. The Kier molecular flexibility index (Phi) is 3.43. The van der Waals surface area contributed by atoms with E-state index in [-0.39, 0.29) is 10.6 Å². The van der Waals surface area contributed by atoms with Crippen molar-refractivity contribution in [2.24, 2.45) is 0 Å². The van der Waals surface area contributed by atoms with Crippen LogP contribution in [-0.4, -0.2) is 18.3 Å². The van der Waals surface area contributed by atoms with Gasteiger partial charge in [0.25, 0.3) is 15.7 Å². The summed E-state index contributed by atoms with van der Waals surface area (Å²) < 4.78 is 26.3. The molecule has 1 N–H and O–H groups in total. The molecule has 0 atom stereocenters. The summed E-state index contributed by atoms with van der Waals surface area (Å²) in [4.78, 5) is 13.6. The minimum Gasteiger partial charge on any atom is -0.278 e. The van der Waals surface area contributed by atoms with Gasteiger partial charge in [-0.05, 0) is 24.3 Å². The molecule has 0 radical (unpaired) electrons. The molecule has 1 aromatic heterocycles. The first-order chi connectivity index (χ1) is 8.99. The van der Waals surface area contributed by atoms with Crippen molar-refractivity contribution < 1.29 is 13.3 Å². The second-order valence-electron chi connectivity index (χ2n) is 3.60. The van der Waals surface area contributed by atoms with E-state index in [1.54, 1.807) is 12.1 Å². The van der Waals surface area contributed by atoms with Gasteiger partial charge in [-0.2, -0.15) is 0 Å². The summed E-state index contributed by atoms with van der Waals surface area (Å²) in [6.45, 7) is 0. The van der Waals surface area contributed by atoms with Gasteiger partial charge < -0.3 is 0 Å². The number of hydrogen-bond donors (Lipinski definition) is 1. The predicted molar refractivity (Wildman–Crippen MR) is 68.1 cm³/mol. The van der Waals surface area contributed by atoms with E-state index < -0.39 is 14.9 Å². The molecular formula is C11H9N3O4S. The summed E-state index contributed by atoms with van der Waals surface area (Å²) in [5, 5.41) is 10.5. The number of rotatable bonds is 4. The van der Waals surface area contributed by atoms with Crippen LogP contribution in [0.25, 0.3) is 0 Å². The Balaban J connectivity index is 2.27. The van der Waals surface area contributed by atoms with Gasteiger partial charge in [-0.3, -0.25) is 19.8 Å². The summed E-state index contributed by atoms with van der Waals surface area (Å²) in [7, 11) is -3.77. The van der Waals surface area contributed by atoms with Gasteiger partial charge in [0.05, 0.1) is 21.7 Å². The molecule has 98 valence electrons. The first kappa shape index (κ1) is 13.0. The van der Waals surface area contributed by atoms with Crippen LogP contribution in [0.4, 0.5) is 11.4 Å². The molecule has 0 fully saturated rings. The lowest BCUT2D eigenvalue weighted by Crippen LogP contribution is -2.12. The predicted octanol–water partition coefficient (Wildman–Crippen LogP) is 1.79. The van der Waals surface area contributed by atoms with Crippen molar-refractivity contribution in [1.82, 2.24) is 4.98 Å². The minimum absolute atomic E-state index is 0.0537. The normalized spacial score (nSPS) is 10.9. The second-order valence-corrected chi connectivity index (χ2v) is 5.28. The number of nitro benzene ring substituents is 1. The van der Waals surface area contributed by atoms with Crippen molar-refractivity contribution in [1.29, 1.82) is 0 Å². The maximum atomic E-state index is 12.0. The molecule has 0 amide bonds. The first-order valence-corrected chi connectivity index (χ1v) is 6.65. The Morgan fingerprint density at radius 1 is 1.16 bits per heavy atom. The zero-order valence-corrected chi connectivity index (χ0v) is 10.4. The van der Waals surface area contributed by atoms with Crippen molar-refractivity contribution in [3.05, 3.63) is 58.9 Å². The Morgan fingerprint density at radius 2 is 1.84 bits per heavy atom. The number of aromatic nitrogens is 1. The number of nitrogens with one attached hydrogen (secondary N) is 1. The van der Waals surface area contributed by atoms with E-state index in [2.05, 4.69) is 9.71 Å². The molecular weight excluding hydrogens is 270 g/mol. The van der Waals surface area contributed by atoms with Crippen molar-refractivity contribution in [2.45, 2.75) is 4.90 Å². The number of non-ortho nitro benzene ring substituents is 1. The Morgan fingerprint density at radius 3 is 2.37 bits per heavy atom. The lowest BCUT2D eigenvalue weighted by molar-refractivity contribution is -0.384. The Labute approximate surface area is 109 Å². The van der Waals surface area contributed by atoms with E-state index in [4.69, 9.17) is 0 Å². The zero-order valence-electron chi connectivity index (χ0n) is 9.55. The lowest BCUT2D eigenvalue weighted by atomic mass is 10.3. The Bertz CT molecular complexity index is 684. The minimum atomic E-state index is -3.77. The number of hydrogen-bond acceptors (Lipinski definition) is 5. The fourth-order valence-corrected chi connectivity index (χ4v) is 2.43. The van der Waals surface area contributed by atoms with Crippen LogP contribution in [-0.2, 0) is 10.0 Å². The van der Waals surface area contributed by atoms with E-state index in [0.29, 0.717) is 5.69 Å². The SMILES string of the molecule is O=[N+]([O-])c1ccc(S(=O)(=O)Nc2cccnc2)cc1. The molecule has 0 aliphatic heterocycles. The molecule has 1 aromatic carbocycles. The van der Waals surface area contributed by atoms with E-state index in [1.165, 1.54) is 24.5 Å². The molecule has 2 aromatic rings. The molecule has 8 heteroatoms. The number of nitro groups is 1. The zero-order chi connectivity index (χ0) is 13.9. The third-order valence-electron chi connectivity index (χ3n) is 2.27. The van der Waals surface area contributed by atoms with Crippen LogP contribution >= 0.6 is 0 Å².